The van der Waals surface area contributed by atoms with E-state index in [-0.39, 0.29) is 11.3 Å². The van der Waals surface area contributed by atoms with E-state index in [4.69, 9.17) is 16.3 Å². The Balaban J connectivity index is 1.55. The van der Waals surface area contributed by atoms with Crippen LogP contribution in [0.4, 0.5) is 0 Å². The number of ether oxygens (including phenoxy) is 1. The number of aliphatic hydroxyl groups is 1. The van der Waals surface area contributed by atoms with E-state index in [9.17, 15) is 14.7 Å². The van der Waals surface area contributed by atoms with E-state index in [1.165, 1.54) is 0 Å². The smallest absolute Gasteiger partial charge is 0.295 e. The van der Waals surface area contributed by atoms with Gasteiger partial charge in [0.15, 0.2) is 5.76 Å². The molecule has 182 valence electrons. The van der Waals surface area contributed by atoms with Crippen LogP contribution >= 0.6 is 11.6 Å². The summed E-state index contributed by atoms with van der Waals surface area (Å²) in [5.41, 5.74) is 2.34. The van der Waals surface area contributed by atoms with Crippen molar-refractivity contribution in [2.45, 2.75) is 19.4 Å². The first-order valence-electron chi connectivity index (χ1n) is 11.7. The van der Waals surface area contributed by atoms with Gasteiger partial charge in [-0.2, -0.15) is 0 Å². The maximum Gasteiger partial charge on any atom is 0.295 e. The number of aromatic nitrogens is 2. The molecule has 8 nitrogen and oxygen atoms in total. The third-order valence-corrected chi connectivity index (χ3v) is 6.85. The Morgan fingerprint density at radius 2 is 1.94 bits per heavy atom. The third-order valence-electron chi connectivity index (χ3n) is 6.61. The van der Waals surface area contributed by atoms with Crippen molar-refractivity contribution in [2.24, 2.45) is 0 Å². The fraction of sp³-hybridized carbons (Fsp3) is 0.346. The maximum absolute atomic E-state index is 13.3. The molecule has 1 aromatic carbocycles. The molecule has 35 heavy (non-hydrogen) atoms. The van der Waals surface area contributed by atoms with E-state index in [2.05, 4.69) is 9.88 Å². The number of fused-ring (bicyclic) bond motifs is 1. The fourth-order valence-electron chi connectivity index (χ4n) is 4.95. The lowest BCUT2D eigenvalue weighted by Crippen LogP contribution is -2.38. The molecule has 0 aliphatic carbocycles. The average Bonchev–Trinajstić information content (AvgIpc) is 3.32. The summed E-state index contributed by atoms with van der Waals surface area (Å²) in [7, 11) is 0. The largest absolute Gasteiger partial charge is 0.505 e. The third kappa shape index (κ3) is 4.45. The van der Waals surface area contributed by atoms with E-state index in [1.807, 2.05) is 24.3 Å². The van der Waals surface area contributed by atoms with Gasteiger partial charge in [-0.1, -0.05) is 29.8 Å². The molecule has 3 aromatic rings. The molecule has 2 aromatic heterocycles. The first kappa shape index (κ1) is 23.5. The van der Waals surface area contributed by atoms with E-state index >= 15 is 0 Å². The summed E-state index contributed by atoms with van der Waals surface area (Å²) < 4.78 is 7.14. The standard InChI is InChI=1S/C26H27ClN4O4/c1-17-22(30-10-3-2-8-20(30)28-17)24(32)21-23(18-6-4-7-19(27)16-18)31(26(34)25(21)33)11-5-9-29-12-14-35-15-13-29/h2-4,6-8,10,16,23,32H,5,9,11-15H2,1H3/b24-21+/t23-/m0/s1. The predicted molar refractivity (Wildman–Crippen MR) is 132 cm³/mol. The molecule has 9 heteroatoms. The van der Waals surface area contributed by atoms with Crippen LogP contribution in [0.2, 0.25) is 5.02 Å². The Morgan fingerprint density at radius 3 is 2.71 bits per heavy atom. The van der Waals surface area contributed by atoms with Crippen molar-refractivity contribution in [1.82, 2.24) is 19.2 Å². The molecule has 0 radical (unpaired) electrons. The summed E-state index contributed by atoms with van der Waals surface area (Å²) >= 11 is 6.28. The van der Waals surface area contributed by atoms with Crippen LogP contribution < -0.4 is 0 Å². The molecular weight excluding hydrogens is 468 g/mol. The quantitative estimate of drug-likeness (QED) is 0.321. The molecule has 2 aliphatic heterocycles. The van der Waals surface area contributed by atoms with Crippen LogP contribution in [0.3, 0.4) is 0 Å². The van der Waals surface area contributed by atoms with Gasteiger partial charge in [0.05, 0.1) is 30.5 Å². The minimum Gasteiger partial charge on any atom is -0.505 e. The Hall–Kier alpha value is -3.20. The van der Waals surface area contributed by atoms with Crippen LogP contribution in [0.25, 0.3) is 11.4 Å². The summed E-state index contributed by atoms with van der Waals surface area (Å²) in [5, 5.41) is 12.0. The van der Waals surface area contributed by atoms with E-state index in [0.29, 0.717) is 53.8 Å². The first-order valence-corrected chi connectivity index (χ1v) is 12.1. The van der Waals surface area contributed by atoms with Crippen LogP contribution in [-0.4, -0.2) is 75.4 Å². The van der Waals surface area contributed by atoms with E-state index in [0.717, 1.165) is 19.6 Å². The van der Waals surface area contributed by atoms with Crippen molar-refractivity contribution in [3.05, 3.63) is 76.2 Å². The number of halogens is 1. The van der Waals surface area contributed by atoms with Crippen molar-refractivity contribution in [2.75, 3.05) is 39.4 Å². The number of amides is 1. The summed E-state index contributed by atoms with van der Waals surface area (Å²) in [5.74, 6) is -1.56. The van der Waals surface area contributed by atoms with Crippen LogP contribution in [0.5, 0.6) is 0 Å². The first-order chi connectivity index (χ1) is 17.0. The number of aryl methyl sites for hydroxylation is 1. The van der Waals surface area contributed by atoms with Gasteiger partial charge in [0, 0.05) is 37.4 Å². The van der Waals surface area contributed by atoms with Crippen molar-refractivity contribution >= 4 is 34.7 Å². The molecule has 4 heterocycles. The maximum atomic E-state index is 13.3. The lowest BCUT2D eigenvalue weighted by atomic mass is 9.96. The highest BCUT2D eigenvalue weighted by Crippen LogP contribution is 2.40. The summed E-state index contributed by atoms with van der Waals surface area (Å²) in [6.45, 7) is 6.05. The Morgan fingerprint density at radius 1 is 1.14 bits per heavy atom. The minimum atomic E-state index is -0.743. The fourth-order valence-corrected chi connectivity index (χ4v) is 5.15. The highest BCUT2D eigenvalue weighted by molar-refractivity contribution is 6.46. The van der Waals surface area contributed by atoms with Crippen LogP contribution in [0.15, 0.2) is 54.2 Å². The number of likely N-dealkylation sites (tertiary alicyclic amines) is 1. The van der Waals surface area contributed by atoms with Crippen LogP contribution in [-0.2, 0) is 14.3 Å². The number of benzene rings is 1. The van der Waals surface area contributed by atoms with Gasteiger partial charge in [-0.25, -0.2) is 4.98 Å². The lowest BCUT2D eigenvalue weighted by Gasteiger charge is -2.29. The normalized spacial score (nSPS) is 20.7. The molecule has 2 fully saturated rings. The zero-order valence-electron chi connectivity index (χ0n) is 19.5. The molecule has 2 aliphatic rings. The molecule has 0 spiro atoms. The number of imidazole rings is 1. The Labute approximate surface area is 208 Å². The highest BCUT2D eigenvalue weighted by Gasteiger charge is 2.46. The molecule has 1 amide bonds. The second kappa shape index (κ2) is 9.81. The van der Waals surface area contributed by atoms with Crippen molar-refractivity contribution in [3.8, 4) is 0 Å². The van der Waals surface area contributed by atoms with Gasteiger partial charge in [0.25, 0.3) is 11.7 Å². The molecule has 0 unspecified atom stereocenters. The van der Waals surface area contributed by atoms with Gasteiger partial charge >= 0.3 is 0 Å². The van der Waals surface area contributed by atoms with Gasteiger partial charge in [-0.15, -0.1) is 0 Å². The Kier molecular flexibility index (Phi) is 6.60. The molecule has 2 saturated heterocycles. The molecule has 1 N–H and O–H groups in total. The predicted octanol–water partition coefficient (Wildman–Crippen LogP) is 3.44. The topological polar surface area (TPSA) is 87.4 Å². The van der Waals surface area contributed by atoms with E-state index < -0.39 is 17.7 Å². The minimum absolute atomic E-state index is 0.0531. The second-order valence-electron chi connectivity index (χ2n) is 8.83. The van der Waals surface area contributed by atoms with Crippen LogP contribution in [0.1, 0.15) is 29.4 Å². The lowest BCUT2D eigenvalue weighted by molar-refractivity contribution is -0.140. The summed E-state index contributed by atoms with van der Waals surface area (Å²) in [6, 6.07) is 11.8. The monoisotopic (exact) mass is 494 g/mol. The van der Waals surface area contributed by atoms with Crippen molar-refractivity contribution < 1.29 is 19.4 Å². The van der Waals surface area contributed by atoms with Crippen molar-refractivity contribution in [1.29, 1.82) is 0 Å². The Bertz CT molecular complexity index is 1310. The molecule has 0 bridgehead atoms. The number of Topliss-reactive ketones (excluding diaryl/α,β-unsaturated/α-hetero) is 1. The zero-order chi connectivity index (χ0) is 24.5. The summed E-state index contributed by atoms with van der Waals surface area (Å²) in [4.78, 5) is 34.9. The number of hydrogen-bond donors (Lipinski definition) is 1. The number of carbonyl (C=O) groups excluding carboxylic acids is 2. The SMILES string of the molecule is Cc1nc2ccccn2c1/C(O)=C1\C(=O)C(=O)N(CCCN2CCOCC2)[C@H]1c1cccc(Cl)c1. The number of pyridine rings is 1. The number of aliphatic hydroxyl groups excluding tert-OH is 1. The number of hydrogen-bond acceptors (Lipinski definition) is 6. The van der Waals surface area contributed by atoms with E-state index in [1.54, 1.807) is 40.6 Å². The number of carbonyl (C=O) groups is 2. The number of rotatable bonds is 6. The van der Waals surface area contributed by atoms with Gasteiger partial charge in [0.2, 0.25) is 0 Å². The van der Waals surface area contributed by atoms with Crippen molar-refractivity contribution in [3.63, 3.8) is 0 Å². The van der Waals surface area contributed by atoms with Gasteiger partial charge in [0.1, 0.15) is 11.3 Å². The molecular formula is C26H27ClN4O4. The number of nitrogens with zero attached hydrogens (tertiary/aromatic N) is 4. The molecule has 0 saturated carbocycles. The second-order valence-corrected chi connectivity index (χ2v) is 9.27. The van der Waals surface area contributed by atoms with Gasteiger partial charge in [-0.05, 0) is 43.2 Å². The molecule has 1 atom stereocenters. The van der Waals surface area contributed by atoms with Gasteiger partial charge in [-0.3, -0.25) is 18.9 Å². The average molecular weight is 495 g/mol. The summed E-state index contributed by atoms with van der Waals surface area (Å²) in [6.07, 6.45) is 2.47. The number of ketones is 1. The molecule has 5 rings (SSSR count). The highest BCUT2D eigenvalue weighted by atomic mass is 35.5. The number of morpholine rings is 1. The zero-order valence-corrected chi connectivity index (χ0v) is 20.2. The van der Waals surface area contributed by atoms with Crippen LogP contribution in [0, 0.1) is 6.92 Å². The van der Waals surface area contributed by atoms with Gasteiger partial charge < -0.3 is 14.7 Å².